The fourth-order valence-electron chi connectivity index (χ4n) is 1.55. The van der Waals surface area contributed by atoms with Gasteiger partial charge in [-0.15, -0.1) is 0 Å². The van der Waals surface area contributed by atoms with Crippen LogP contribution in [0, 0.1) is 13.8 Å². The number of nitrogens with two attached hydrogens (primary N) is 1. The van der Waals surface area contributed by atoms with E-state index < -0.39 is 10.0 Å². The molecule has 0 aliphatic heterocycles. The second kappa shape index (κ2) is 6.45. The van der Waals surface area contributed by atoms with E-state index in [0.717, 1.165) is 23.3 Å². The first-order chi connectivity index (χ1) is 8.38. The molecule has 0 unspecified atom stereocenters. The molecule has 0 spiro atoms. The summed E-state index contributed by atoms with van der Waals surface area (Å²) in [5, 5.41) is 0. The summed E-state index contributed by atoms with van der Waals surface area (Å²) in [4.78, 5) is 0.176. The van der Waals surface area contributed by atoms with E-state index in [0.29, 0.717) is 12.2 Å². The minimum atomic E-state index is -3.49. The van der Waals surface area contributed by atoms with Crippen molar-refractivity contribution in [3.05, 3.63) is 23.3 Å². The molecule has 0 saturated carbocycles. The van der Waals surface area contributed by atoms with Crippen molar-refractivity contribution in [3.63, 3.8) is 0 Å². The molecule has 0 atom stereocenters. The number of rotatable bonds is 6. The Morgan fingerprint density at radius 2 is 1.89 bits per heavy atom. The lowest BCUT2D eigenvalue weighted by molar-refractivity contribution is 0.581. The third-order valence-corrected chi connectivity index (χ3v) is 4.95. The van der Waals surface area contributed by atoms with E-state index in [4.69, 9.17) is 5.73 Å². The molecule has 0 saturated heterocycles. The van der Waals surface area contributed by atoms with Crippen LogP contribution in [0.2, 0.25) is 0 Å². The standard InChI is InChI=1S/C12H20N2O2S2/c1-9-7-11(13)12(8-10(9)2)18(15,16)14-5-4-6-17-3/h7-8,14H,4-6,13H2,1-3H3. The molecule has 0 aliphatic rings. The van der Waals surface area contributed by atoms with Crippen molar-refractivity contribution in [2.75, 3.05) is 24.3 Å². The van der Waals surface area contributed by atoms with Gasteiger partial charge in [0.15, 0.2) is 0 Å². The average Bonchev–Trinajstić information content (AvgIpc) is 2.29. The maximum absolute atomic E-state index is 12.1. The third kappa shape index (κ3) is 3.90. The molecule has 1 aromatic carbocycles. The number of aryl methyl sites for hydroxylation is 2. The van der Waals surface area contributed by atoms with Gasteiger partial charge in [0.05, 0.1) is 5.69 Å². The second-order valence-electron chi connectivity index (χ2n) is 4.22. The van der Waals surface area contributed by atoms with E-state index in [1.54, 1.807) is 23.9 Å². The summed E-state index contributed by atoms with van der Waals surface area (Å²) >= 11 is 1.70. The second-order valence-corrected chi connectivity index (χ2v) is 6.94. The van der Waals surface area contributed by atoms with Crippen LogP contribution >= 0.6 is 11.8 Å². The molecule has 1 rings (SSSR count). The van der Waals surface area contributed by atoms with Gasteiger partial charge in [-0.25, -0.2) is 13.1 Å². The van der Waals surface area contributed by atoms with E-state index in [1.165, 1.54) is 0 Å². The van der Waals surface area contributed by atoms with Crippen molar-refractivity contribution < 1.29 is 8.42 Å². The summed E-state index contributed by atoms with van der Waals surface area (Å²) < 4.78 is 26.7. The molecular weight excluding hydrogens is 268 g/mol. The summed E-state index contributed by atoms with van der Waals surface area (Å²) in [5.41, 5.74) is 8.00. The number of nitrogen functional groups attached to an aromatic ring is 1. The summed E-state index contributed by atoms with van der Waals surface area (Å²) in [7, 11) is -3.49. The largest absolute Gasteiger partial charge is 0.398 e. The van der Waals surface area contributed by atoms with Gasteiger partial charge < -0.3 is 5.73 Å². The summed E-state index contributed by atoms with van der Waals surface area (Å²) in [6.45, 7) is 4.23. The van der Waals surface area contributed by atoms with Crippen LogP contribution in [-0.2, 0) is 10.0 Å². The highest BCUT2D eigenvalue weighted by atomic mass is 32.2. The number of benzene rings is 1. The van der Waals surface area contributed by atoms with Crippen LogP contribution in [-0.4, -0.2) is 27.0 Å². The van der Waals surface area contributed by atoms with Gasteiger partial charge in [-0.3, -0.25) is 0 Å². The lowest BCUT2D eigenvalue weighted by Crippen LogP contribution is -2.26. The molecule has 18 heavy (non-hydrogen) atoms. The highest BCUT2D eigenvalue weighted by molar-refractivity contribution is 7.98. The molecule has 0 amide bonds. The normalized spacial score (nSPS) is 11.7. The Bertz CT molecular complexity index is 513. The number of thioether (sulfide) groups is 1. The molecule has 0 aliphatic carbocycles. The Kier molecular flexibility index (Phi) is 5.49. The summed E-state index contributed by atoms with van der Waals surface area (Å²) in [5.74, 6) is 0.935. The number of sulfonamides is 1. The SMILES string of the molecule is CSCCCNS(=O)(=O)c1cc(C)c(C)cc1N. The topological polar surface area (TPSA) is 72.2 Å². The lowest BCUT2D eigenvalue weighted by atomic mass is 10.1. The van der Waals surface area contributed by atoms with Gasteiger partial charge in [0.25, 0.3) is 0 Å². The van der Waals surface area contributed by atoms with E-state index >= 15 is 0 Å². The lowest BCUT2D eigenvalue weighted by Gasteiger charge is -2.11. The molecule has 0 bridgehead atoms. The van der Waals surface area contributed by atoms with E-state index in [-0.39, 0.29) is 4.90 Å². The molecular formula is C12H20N2O2S2. The quantitative estimate of drug-likeness (QED) is 0.619. The molecule has 1 aromatic rings. The Labute approximate surface area is 113 Å². The molecule has 0 aromatic heterocycles. The van der Waals surface area contributed by atoms with Gasteiger partial charge in [-0.2, -0.15) is 11.8 Å². The van der Waals surface area contributed by atoms with Gasteiger partial charge in [0.1, 0.15) is 4.90 Å². The van der Waals surface area contributed by atoms with Gasteiger partial charge >= 0.3 is 0 Å². The van der Waals surface area contributed by atoms with Crippen molar-refractivity contribution in [1.82, 2.24) is 4.72 Å². The minimum Gasteiger partial charge on any atom is -0.398 e. The Morgan fingerprint density at radius 1 is 1.28 bits per heavy atom. The van der Waals surface area contributed by atoms with Crippen LogP contribution in [0.15, 0.2) is 17.0 Å². The van der Waals surface area contributed by atoms with Crippen molar-refractivity contribution in [2.24, 2.45) is 0 Å². The molecule has 3 N–H and O–H groups in total. The smallest absolute Gasteiger partial charge is 0.242 e. The van der Waals surface area contributed by atoms with Crippen molar-refractivity contribution in [2.45, 2.75) is 25.2 Å². The average molecular weight is 288 g/mol. The van der Waals surface area contributed by atoms with Crippen molar-refractivity contribution in [1.29, 1.82) is 0 Å². The van der Waals surface area contributed by atoms with E-state index in [9.17, 15) is 8.42 Å². The van der Waals surface area contributed by atoms with Crippen LogP contribution in [0.25, 0.3) is 0 Å². The molecule has 0 radical (unpaired) electrons. The first-order valence-electron chi connectivity index (χ1n) is 5.74. The summed E-state index contributed by atoms with van der Waals surface area (Å²) in [6.07, 6.45) is 2.81. The monoisotopic (exact) mass is 288 g/mol. The number of hydrogen-bond donors (Lipinski definition) is 2. The van der Waals surface area contributed by atoms with Crippen LogP contribution in [0.3, 0.4) is 0 Å². The van der Waals surface area contributed by atoms with Crippen molar-refractivity contribution in [3.8, 4) is 0 Å². The molecule has 4 nitrogen and oxygen atoms in total. The highest BCUT2D eigenvalue weighted by Gasteiger charge is 2.17. The Balaban J connectivity index is 2.88. The van der Waals surface area contributed by atoms with Crippen LogP contribution in [0.1, 0.15) is 17.5 Å². The highest BCUT2D eigenvalue weighted by Crippen LogP contribution is 2.22. The Morgan fingerprint density at radius 3 is 2.50 bits per heavy atom. The number of nitrogens with one attached hydrogen (secondary N) is 1. The first kappa shape index (κ1) is 15.3. The zero-order valence-electron chi connectivity index (χ0n) is 11.0. The van der Waals surface area contributed by atoms with Crippen LogP contribution in [0.4, 0.5) is 5.69 Å². The molecule has 6 heteroatoms. The van der Waals surface area contributed by atoms with Crippen LogP contribution in [0.5, 0.6) is 0 Å². The first-order valence-corrected chi connectivity index (χ1v) is 8.61. The predicted octanol–water partition coefficient (Wildman–Crippen LogP) is 1.92. The van der Waals surface area contributed by atoms with E-state index in [2.05, 4.69) is 4.72 Å². The Hall–Kier alpha value is -0.720. The number of hydrogen-bond acceptors (Lipinski definition) is 4. The molecule has 0 fully saturated rings. The molecule has 102 valence electrons. The zero-order valence-corrected chi connectivity index (χ0v) is 12.6. The van der Waals surface area contributed by atoms with Gasteiger partial charge in [-0.05, 0) is 55.5 Å². The summed E-state index contributed by atoms with van der Waals surface area (Å²) in [6, 6.07) is 3.33. The third-order valence-electron chi connectivity index (χ3n) is 2.73. The van der Waals surface area contributed by atoms with Gasteiger partial charge in [-0.1, -0.05) is 0 Å². The van der Waals surface area contributed by atoms with E-state index in [1.807, 2.05) is 20.1 Å². The fourth-order valence-corrected chi connectivity index (χ4v) is 3.25. The number of anilines is 1. The van der Waals surface area contributed by atoms with Gasteiger partial charge in [0.2, 0.25) is 10.0 Å². The van der Waals surface area contributed by atoms with Crippen molar-refractivity contribution >= 4 is 27.5 Å². The predicted molar refractivity (Wildman–Crippen MR) is 78.5 cm³/mol. The maximum atomic E-state index is 12.1. The fraction of sp³-hybridized carbons (Fsp3) is 0.500. The maximum Gasteiger partial charge on any atom is 0.242 e. The van der Waals surface area contributed by atoms with Gasteiger partial charge in [0, 0.05) is 6.54 Å². The molecule has 0 heterocycles. The zero-order chi connectivity index (χ0) is 13.8. The minimum absolute atomic E-state index is 0.176. The van der Waals surface area contributed by atoms with Crippen LogP contribution < -0.4 is 10.5 Å².